The Morgan fingerprint density at radius 2 is 2.29 bits per heavy atom. The van der Waals surface area contributed by atoms with Gasteiger partial charge in [-0.3, -0.25) is 0 Å². The van der Waals surface area contributed by atoms with Crippen molar-refractivity contribution in [2.75, 3.05) is 12.3 Å². The molecular formula is C14H18ClN5O. The summed E-state index contributed by atoms with van der Waals surface area (Å²) in [6.45, 7) is 1.56. The fourth-order valence-corrected chi connectivity index (χ4v) is 2.77. The van der Waals surface area contributed by atoms with Gasteiger partial charge in [0.2, 0.25) is 0 Å². The molecule has 0 radical (unpaired) electrons. The van der Waals surface area contributed by atoms with Crippen LogP contribution < -0.4 is 5.73 Å². The highest BCUT2D eigenvalue weighted by molar-refractivity contribution is 6.33. The van der Waals surface area contributed by atoms with Crippen molar-refractivity contribution in [3.05, 3.63) is 23.2 Å². The van der Waals surface area contributed by atoms with Gasteiger partial charge in [-0.1, -0.05) is 11.6 Å². The summed E-state index contributed by atoms with van der Waals surface area (Å²) in [5.41, 5.74) is 7.21. The van der Waals surface area contributed by atoms with Crippen LogP contribution in [0.2, 0.25) is 5.02 Å². The standard InChI is InChI=1S/C14H18ClN5O/c15-13-5-4-10(16)9-12(13)14-17-18-19-20(14)7-6-11-3-1-2-8-21-11/h4-5,9,11H,1-3,6-8,16H2. The third-order valence-corrected chi connectivity index (χ3v) is 4.03. The van der Waals surface area contributed by atoms with Crippen LogP contribution in [0.15, 0.2) is 18.2 Å². The van der Waals surface area contributed by atoms with Gasteiger partial charge in [-0.2, -0.15) is 0 Å². The molecule has 3 rings (SSSR count). The first kappa shape index (κ1) is 14.3. The topological polar surface area (TPSA) is 78.9 Å². The molecule has 21 heavy (non-hydrogen) atoms. The summed E-state index contributed by atoms with van der Waals surface area (Å²) in [6.07, 6.45) is 4.70. The Morgan fingerprint density at radius 3 is 3.10 bits per heavy atom. The Hall–Kier alpha value is -1.66. The lowest BCUT2D eigenvalue weighted by Crippen LogP contribution is -2.21. The zero-order valence-electron chi connectivity index (χ0n) is 11.7. The molecule has 1 unspecified atom stereocenters. The quantitative estimate of drug-likeness (QED) is 0.878. The summed E-state index contributed by atoms with van der Waals surface area (Å²) in [6, 6.07) is 5.31. The number of aryl methyl sites for hydroxylation is 1. The Balaban J connectivity index is 1.75. The lowest BCUT2D eigenvalue weighted by Gasteiger charge is -2.22. The van der Waals surface area contributed by atoms with Gasteiger partial charge in [0.1, 0.15) is 0 Å². The van der Waals surface area contributed by atoms with Crippen LogP contribution in [0.5, 0.6) is 0 Å². The number of ether oxygens (including phenoxy) is 1. The average molecular weight is 308 g/mol. The molecule has 1 aromatic carbocycles. The molecule has 112 valence electrons. The predicted octanol–water partition coefficient (Wildman–Crippen LogP) is 2.53. The van der Waals surface area contributed by atoms with E-state index in [0.29, 0.717) is 29.2 Å². The number of nitrogens with two attached hydrogens (primary N) is 1. The lowest BCUT2D eigenvalue weighted by atomic mass is 10.1. The van der Waals surface area contributed by atoms with E-state index in [4.69, 9.17) is 22.1 Å². The maximum Gasteiger partial charge on any atom is 0.183 e. The minimum Gasteiger partial charge on any atom is -0.399 e. The van der Waals surface area contributed by atoms with Crippen LogP contribution in [0.3, 0.4) is 0 Å². The number of aromatic nitrogens is 4. The van der Waals surface area contributed by atoms with E-state index in [0.717, 1.165) is 31.4 Å². The summed E-state index contributed by atoms with van der Waals surface area (Å²) in [5, 5.41) is 12.5. The first-order chi connectivity index (χ1) is 10.2. The Morgan fingerprint density at radius 1 is 1.38 bits per heavy atom. The van der Waals surface area contributed by atoms with Gasteiger partial charge in [-0.05, 0) is 54.3 Å². The highest BCUT2D eigenvalue weighted by Gasteiger charge is 2.17. The highest BCUT2D eigenvalue weighted by Crippen LogP contribution is 2.28. The lowest BCUT2D eigenvalue weighted by molar-refractivity contribution is 0.00828. The van der Waals surface area contributed by atoms with E-state index in [-0.39, 0.29) is 0 Å². The largest absolute Gasteiger partial charge is 0.399 e. The summed E-state index contributed by atoms with van der Waals surface area (Å²) in [5.74, 6) is 0.642. The van der Waals surface area contributed by atoms with E-state index in [2.05, 4.69) is 15.5 Å². The van der Waals surface area contributed by atoms with Gasteiger partial charge < -0.3 is 10.5 Å². The number of nitrogen functional groups attached to an aromatic ring is 1. The van der Waals surface area contributed by atoms with Crippen LogP contribution in [-0.4, -0.2) is 32.9 Å². The highest BCUT2D eigenvalue weighted by atomic mass is 35.5. The molecule has 7 heteroatoms. The second-order valence-electron chi connectivity index (χ2n) is 5.24. The Kier molecular flexibility index (Phi) is 4.36. The molecule has 0 bridgehead atoms. The van der Waals surface area contributed by atoms with Crippen LogP contribution in [0.25, 0.3) is 11.4 Å². The van der Waals surface area contributed by atoms with Crippen molar-refractivity contribution >= 4 is 17.3 Å². The van der Waals surface area contributed by atoms with Crippen LogP contribution >= 0.6 is 11.6 Å². The van der Waals surface area contributed by atoms with Crippen molar-refractivity contribution in [1.29, 1.82) is 0 Å². The van der Waals surface area contributed by atoms with Gasteiger partial charge in [0.05, 0.1) is 11.1 Å². The van der Waals surface area contributed by atoms with E-state index >= 15 is 0 Å². The van der Waals surface area contributed by atoms with Crippen molar-refractivity contribution in [1.82, 2.24) is 20.2 Å². The molecule has 1 aliphatic rings. The molecule has 6 nitrogen and oxygen atoms in total. The number of benzene rings is 1. The maximum atomic E-state index is 6.22. The van der Waals surface area contributed by atoms with Crippen molar-refractivity contribution in [2.45, 2.75) is 38.3 Å². The van der Waals surface area contributed by atoms with Crippen LogP contribution in [0.1, 0.15) is 25.7 Å². The van der Waals surface area contributed by atoms with Crippen molar-refractivity contribution in [3.63, 3.8) is 0 Å². The summed E-state index contributed by atoms with van der Waals surface area (Å²) in [4.78, 5) is 0. The fraction of sp³-hybridized carbons (Fsp3) is 0.500. The number of nitrogens with zero attached hydrogens (tertiary/aromatic N) is 4. The van der Waals surface area contributed by atoms with Crippen molar-refractivity contribution < 1.29 is 4.74 Å². The zero-order chi connectivity index (χ0) is 14.7. The normalized spacial score (nSPS) is 18.8. The molecule has 0 saturated carbocycles. The first-order valence-corrected chi connectivity index (χ1v) is 7.55. The molecule has 1 saturated heterocycles. The predicted molar refractivity (Wildman–Crippen MR) is 80.9 cm³/mol. The second-order valence-corrected chi connectivity index (χ2v) is 5.65. The number of halogens is 1. The SMILES string of the molecule is Nc1ccc(Cl)c(-c2nnnn2CCC2CCCCO2)c1. The van der Waals surface area contributed by atoms with Gasteiger partial charge in [-0.15, -0.1) is 5.10 Å². The molecule has 1 fully saturated rings. The molecule has 0 aliphatic carbocycles. The van der Waals surface area contributed by atoms with Gasteiger partial charge in [0.15, 0.2) is 5.82 Å². The number of hydrogen-bond acceptors (Lipinski definition) is 5. The molecule has 1 aliphatic heterocycles. The van der Waals surface area contributed by atoms with Gasteiger partial charge in [-0.25, -0.2) is 4.68 Å². The van der Waals surface area contributed by atoms with Gasteiger partial charge >= 0.3 is 0 Å². The molecule has 2 N–H and O–H groups in total. The second kappa shape index (κ2) is 6.41. The minimum absolute atomic E-state index is 0.298. The van der Waals surface area contributed by atoms with E-state index in [1.54, 1.807) is 22.9 Å². The summed E-state index contributed by atoms with van der Waals surface area (Å²) < 4.78 is 7.50. The third kappa shape index (κ3) is 3.33. The first-order valence-electron chi connectivity index (χ1n) is 7.17. The van der Waals surface area contributed by atoms with Crippen molar-refractivity contribution in [3.8, 4) is 11.4 Å². The molecule has 0 amide bonds. The van der Waals surface area contributed by atoms with E-state index in [9.17, 15) is 0 Å². The summed E-state index contributed by atoms with van der Waals surface area (Å²) in [7, 11) is 0. The van der Waals surface area contributed by atoms with Crippen molar-refractivity contribution in [2.24, 2.45) is 0 Å². The van der Waals surface area contributed by atoms with Crippen LogP contribution in [0, 0.1) is 0 Å². The fourth-order valence-electron chi connectivity index (χ4n) is 2.56. The maximum absolute atomic E-state index is 6.22. The van der Waals surface area contributed by atoms with E-state index < -0.39 is 0 Å². The number of tetrazole rings is 1. The number of hydrogen-bond donors (Lipinski definition) is 1. The number of anilines is 1. The monoisotopic (exact) mass is 307 g/mol. The molecule has 0 spiro atoms. The van der Waals surface area contributed by atoms with E-state index in [1.807, 2.05) is 0 Å². The van der Waals surface area contributed by atoms with Gasteiger partial charge in [0.25, 0.3) is 0 Å². The zero-order valence-corrected chi connectivity index (χ0v) is 12.5. The third-order valence-electron chi connectivity index (χ3n) is 3.70. The molecule has 1 aromatic heterocycles. The van der Waals surface area contributed by atoms with Crippen LogP contribution in [-0.2, 0) is 11.3 Å². The molecular weight excluding hydrogens is 290 g/mol. The van der Waals surface area contributed by atoms with E-state index in [1.165, 1.54) is 6.42 Å². The summed E-state index contributed by atoms with van der Waals surface area (Å²) >= 11 is 6.22. The minimum atomic E-state index is 0.298. The Labute approximate surface area is 128 Å². The van der Waals surface area contributed by atoms with Crippen LogP contribution in [0.4, 0.5) is 5.69 Å². The molecule has 2 aromatic rings. The van der Waals surface area contributed by atoms with Gasteiger partial charge in [0, 0.05) is 24.4 Å². The Bertz CT molecular complexity index is 609. The smallest absolute Gasteiger partial charge is 0.183 e. The number of rotatable bonds is 4. The molecule has 2 heterocycles. The molecule has 1 atom stereocenters. The average Bonchev–Trinajstić information content (AvgIpc) is 2.97.